The fourth-order valence-electron chi connectivity index (χ4n) is 14.7. The zero-order chi connectivity index (χ0) is 87.5. The second-order valence-electron chi connectivity index (χ2n) is 29.4. The lowest BCUT2D eigenvalue weighted by Crippen LogP contribution is -3.00. The summed E-state index contributed by atoms with van der Waals surface area (Å²) in [6.45, 7) is 9.30. The van der Waals surface area contributed by atoms with Gasteiger partial charge in [0.1, 0.15) is 79.3 Å². The van der Waals surface area contributed by atoms with Crippen LogP contribution in [0.25, 0.3) is 44.5 Å². The largest absolute Gasteiger partial charge is 1.00 e. The SMILES string of the molecule is NCCOc1cc(-c2cc[n+](Cc3ccc(C(c4ccc(C[n+]5ccc(-c6cc(OCCN)c(OCCN)c(OCCN)c6)cc5)cc4)(c4ccc(C[n+]5ccc(-c6cc(OCCN)c(OCCN)c(OCCN)c6)cc5)cc4)c4ccc(C[n+]5ccc(-c6cc(OCCN)c(OCCN)c(OCCN)c6)cc5)cc4)cc3)cc2)cc(OCCN)c1OCCN.[Cl-].[Cl-].[Cl-].[Cl-]. The molecule has 0 saturated carbocycles. The number of hydrogen-bond donors (Lipinski definition) is 12. The van der Waals surface area contributed by atoms with E-state index in [0.717, 1.165) is 89.0 Å². The quantitative estimate of drug-likeness (QED) is 0.0125. The molecule has 4 heterocycles. The molecule has 8 aromatic carbocycles. The van der Waals surface area contributed by atoms with Gasteiger partial charge in [-0.3, -0.25) is 0 Å². The third-order valence-electron chi connectivity index (χ3n) is 20.4. The number of rotatable bonds is 52. The molecule has 0 fully saturated rings. The molecule has 0 bridgehead atoms. The van der Waals surface area contributed by atoms with Gasteiger partial charge in [0, 0.05) is 149 Å². The van der Waals surface area contributed by atoms with Crippen LogP contribution in [0.5, 0.6) is 69.0 Å². The molecule has 0 atom stereocenters. The van der Waals surface area contributed by atoms with E-state index in [0.29, 0.717) is 174 Å². The Morgan fingerprint density at radius 2 is 0.318 bits per heavy atom. The van der Waals surface area contributed by atoms with E-state index < -0.39 is 5.41 Å². The van der Waals surface area contributed by atoms with Crippen LogP contribution in [0.2, 0.25) is 0 Å². The van der Waals surface area contributed by atoms with Gasteiger partial charge in [-0.05, 0) is 115 Å². The summed E-state index contributed by atoms with van der Waals surface area (Å²) in [6.07, 6.45) is 16.6. The Balaban J connectivity index is 0.00000514. The molecule has 0 aliphatic heterocycles. The normalized spacial score (nSPS) is 10.9. The van der Waals surface area contributed by atoms with E-state index in [2.05, 4.69) is 213 Å². The summed E-state index contributed by atoms with van der Waals surface area (Å²) in [4.78, 5) is 0. The highest BCUT2D eigenvalue weighted by Gasteiger charge is 2.39. The topological polar surface area (TPSA) is 439 Å². The summed E-state index contributed by atoms with van der Waals surface area (Å²) in [5, 5.41) is 0. The lowest BCUT2D eigenvalue weighted by atomic mass is 9.65. The zero-order valence-electron chi connectivity index (χ0n) is 72.5. The second-order valence-corrected chi connectivity index (χ2v) is 29.4. The first kappa shape index (κ1) is 103. The van der Waals surface area contributed by atoms with Crippen molar-refractivity contribution in [2.45, 2.75) is 31.6 Å². The van der Waals surface area contributed by atoms with Crippen LogP contribution < -0.4 is 194 Å². The predicted octanol–water partition coefficient (Wildman–Crippen LogP) is -5.85. The number of hydrogen-bond acceptors (Lipinski definition) is 24. The van der Waals surface area contributed by atoms with Gasteiger partial charge >= 0.3 is 0 Å². The summed E-state index contributed by atoms with van der Waals surface area (Å²) in [6, 6.07) is 68.2. The lowest BCUT2D eigenvalue weighted by molar-refractivity contribution is -0.688. The minimum Gasteiger partial charge on any atom is -1.00 e. The fourth-order valence-corrected chi connectivity index (χ4v) is 14.7. The minimum atomic E-state index is -0.898. The van der Waals surface area contributed by atoms with Crippen LogP contribution in [0.3, 0.4) is 0 Å². The maximum Gasteiger partial charge on any atom is 0.203 e. The molecule has 688 valence electrons. The van der Waals surface area contributed by atoms with E-state index >= 15 is 0 Å². The van der Waals surface area contributed by atoms with Crippen molar-refractivity contribution in [2.24, 2.45) is 68.8 Å². The van der Waals surface area contributed by atoms with Gasteiger partial charge in [-0.2, -0.15) is 0 Å². The molecule has 129 heavy (non-hydrogen) atoms. The van der Waals surface area contributed by atoms with Crippen LogP contribution in [0.4, 0.5) is 0 Å². The van der Waals surface area contributed by atoms with Crippen molar-refractivity contribution in [3.05, 3.63) is 288 Å². The molecule has 12 rings (SSSR count). The first-order valence-electron chi connectivity index (χ1n) is 42.4. The van der Waals surface area contributed by atoms with Crippen molar-refractivity contribution < 1.29 is 125 Å². The molecule has 0 spiro atoms. The Kier molecular flexibility index (Phi) is 42.8. The Bertz CT molecular complexity index is 4560. The van der Waals surface area contributed by atoms with Gasteiger partial charge in [-0.15, -0.1) is 0 Å². The molecule has 28 nitrogen and oxygen atoms in total. The zero-order valence-corrected chi connectivity index (χ0v) is 75.5. The molecule has 0 unspecified atom stereocenters. The Morgan fingerprint density at radius 1 is 0.178 bits per heavy atom. The fraction of sp³-hybridized carbons (Fsp3) is 0.299. The molecule has 4 aromatic heterocycles. The number of aromatic nitrogens is 4. The highest BCUT2D eigenvalue weighted by molar-refractivity contribution is 5.74. The van der Waals surface area contributed by atoms with Gasteiger partial charge in [0.15, 0.2) is 122 Å². The van der Waals surface area contributed by atoms with Crippen molar-refractivity contribution in [1.29, 1.82) is 0 Å². The Labute approximate surface area is 779 Å². The average Bonchev–Trinajstić information content (AvgIpc) is 0.729. The lowest BCUT2D eigenvalue weighted by Gasteiger charge is -2.37. The van der Waals surface area contributed by atoms with Crippen LogP contribution >= 0.6 is 0 Å². The first-order valence-corrected chi connectivity index (χ1v) is 42.4. The Morgan fingerprint density at radius 3 is 0.457 bits per heavy atom. The smallest absolute Gasteiger partial charge is 0.203 e. The summed E-state index contributed by atoms with van der Waals surface area (Å²) >= 11 is 0. The van der Waals surface area contributed by atoms with Gasteiger partial charge in [-0.1, -0.05) is 97.1 Å². The monoisotopic (exact) mass is 1840 g/mol. The summed E-state index contributed by atoms with van der Waals surface area (Å²) in [5.41, 5.74) is 85.8. The highest BCUT2D eigenvalue weighted by Crippen LogP contribution is 2.49. The van der Waals surface area contributed by atoms with Gasteiger partial charge in [0.25, 0.3) is 0 Å². The van der Waals surface area contributed by atoms with E-state index in [-0.39, 0.29) is 129 Å². The Hall–Kier alpha value is -11.4. The van der Waals surface area contributed by atoms with Gasteiger partial charge in [0.05, 0.1) is 5.41 Å². The van der Waals surface area contributed by atoms with Crippen molar-refractivity contribution >= 4 is 0 Å². The first-order chi connectivity index (χ1) is 61.4. The van der Waals surface area contributed by atoms with Crippen molar-refractivity contribution in [3.8, 4) is 114 Å². The van der Waals surface area contributed by atoms with Crippen molar-refractivity contribution in [1.82, 2.24) is 0 Å². The molecular formula is C97H120Cl4N16O12. The molecule has 0 aliphatic carbocycles. The average molecular weight is 1840 g/mol. The van der Waals surface area contributed by atoms with E-state index in [1.165, 1.54) is 0 Å². The summed E-state index contributed by atoms with van der Waals surface area (Å²) in [7, 11) is 0. The summed E-state index contributed by atoms with van der Waals surface area (Å²) in [5.74, 6) is 5.84. The molecular weight excluding hydrogens is 1720 g/mol. The number of pyridine rings is 4. The van der Waals surface area contributed by atoms with E-state index in [9.17, 15) is 0 Å². The third-order valence-corrected chi connectivity index (χ3v) is 20.4. The molecule has 0 saturated heterocycles. The van der Waals surface area contributed by atoms with Crippen LogP contribution in [-0.4, -0.2) is 158 Å². The number of nitrogens with zero attached hydrogens (tertiary/aromatic N) is 4. The van der Waals surface area contributed by atoms with E-state index in [1.54, 1.807) is 0 Å². The standard InChI is InChI=1S/C97H120N16O12.4ClH/c98-25-45-114-85-57-77(58-86(115-46-26-99)93(85)122-53-33-106)73-17-37-110(38-18-73)65-69-1-9-81(10-2-69)97(82-11-3-70(4-12-82)66-111-39-19-74(20-40-111)78-59-87(116-47-27-100)94(123-54-34-107)88(60-78)117-48-28-101,83-13-5-71(6-14-83)67-112-41-21-75(22-42-112)79-61-89(118-49-29-102)95(124-55-35-108)90(62-79)119-50-30-103)84-15-7-72(8-16-84)68-113-43-23-76(24-44-113)80-63-91(120-51-31-104)96(125-56-36-109)92(64-80)121-52-32-105;;;;/h1-24,37-44,57-64H,25-36,45-56,65-68,98-109H2;4*1H/q+4;;;;/p-4. The molecule has 24 N–H and O–H groups in total. The van der Waals surface area contributed by atoms with Crippen LogP contribution in [0.1, 0.15) is 44.5 Å². The van der Waals surface area contributed by atoms with Crippen LogP contribution in [-0.2, 0) is 31.6 Å². The molecule has 32 heteroatoms. The predicted molar refractivity (Wildman–Crippen MR) is 484 cm³/mol. The summed E-state index contributed by atoms with van der Waals surface area (Å²) < 4.78 is 82.2. The van der Waals surface area contributed by atoms with E-state index in [4.69, 9.17) is 126 Å². The molecule has 0 amide bonds. The molecule has 0 aliphatic rings. The number of halogens is 4. The van der Waals surface area contributed by atoms with Gasteiger partial charge < -0.3 is 175 Å². The van der Waals surface area contributed by atoms with Gasteiger partial charge in [0.2, 0.25) is 23.0 Å². The van der Waals surface area contributed by atoms with Crippen molar-refractivity contribution in [3.63, 3.8) is 0 Å². The number of benzene rings is 8. The molecule has 0 radical (unpaired) electrons. The number of ether oxygens (including phenoxy) is 12. The third kappa shape index (κ3) is 27.4. The van der Waals surface area contributed by atoms with Crippen LogP contribution in [0, 0.1) is 0 Å². The van der Waals surface area contributed by atoms with E-state index in [1.807, 2.05) is 48.5 Å². The second kappa shape index (κ2) is 53.6. The maximum absolute atomic E-state index is 6.15. The van der Waals surface area contributed by atoms with Gasteiger partial charge in [-0.25, -0.2) is 18.3 Å². The van der Waals surface area contributed by atoms with Crippen LogP contribution in [0.15, 0.2) is 244 Å². The minimum absolute atomic E-state index is 0. The number of nitrogens with two attached hydrogens (primary N) is 12. The molecule has 12 aromatic rings. The maximum atomic E-state index is 6.15. The highest BCUT2D eigenvalue weighted by atomic mass is 35.5. The van der Waals surface area contributed by atoms with Crippen molar-refractivity contribution in [2.75, 3.05) is 158 Å².